The Bertz CT molecular complexity index is 305. The van der Waals surface area contributed by atoms with E-state index >= 15 is 0 Å². The van der Waals surface area contributed by atoms with Gasteiger partial charge in [0.05, 0.1) is 5.69 Å². The van der Waals surface area contributed by atoms with Crippen LogP contribution in [0.1, 0.15) is 11.3 Å². The summed E-state index contributed by atoms with van der Waals surface area (Å²) in [6.45, 7) is 2.20. The molecule has 0 aromatic carbocycles. The molecule has 0 amide bonds. The van der Waals surface area contributed by atoms with Gasteiger partial charge in [-0.1, -0.05) is 0 Å². The number of nitrogens with zero attached hydrogens (tertiary/aromatic N) is 3. The summed E-state index contributed by atoms with van der Waals surface area (Å²) in [6.07, 6.45) is 1.15. The van der Waals surface area contributed by atoms with E-state index in [4.69, 9.17) is 0 Å². The first kappa shape index (κ1) is 8.50. The van der Waals surface area contributed by atoms with Crippen molar-refractivity contribution < 1.29 is 0 Å². The summed E-state index contributed by atoms with van der Waals surface area (Å²) in [4.78, 5) is 2.33. The topological polar surface area (TPSA) is 21.1 Å². The standard InChI is InChI=1S/C8H12IN3/c1-11-4-3-6-7(5-11)12(2)10-8(6)9/h3-5H2,1-2H3. The van der Waals surface area contributed by atoms with Gasteiger partial charge in [-0.05, 0) is 36.1 Å². The molecule has 0 N–H and O–H groups in total. The first-order valence-corrected chi connectivity index (χ1v) is 5.15. The SMILES string of the molecule is CN1CCc2c(I)nn(C)c2C1. The fourth-order valence-corrected chi connectivity index (χ4v) is 2.55. The lowest BCUT2D eigenvalue weighted by molar-refractivity contribution is 0.303. The van der Waals surface area contributed by atoms with E-state index in [2.05, 4.69) is 39.6 Å². The van der Waals surface area contributed by atoms with Gasteiger partial charge in [-0.25, -0.2) is 0 Å². The maximum Gasteiger partial charge on any atom is 0.126 e. The van der Waals surface area contributed by atoms with Crippen LogP contribution >= 0.6 is 22.6 Å². The number of fused-ring (bicyclic) bond motifs is 1. The molecule has 4 heteroatoms. The number of halogens is 1. The number of aromatic nitrogens is 2. The summed E-state index contributed by atoms with van der Waals surface area (Å²) in [5.74, 6) is 0. The predicted octanol–water partition coefficient (Wildman–Crippen LogP) is 1.01. The van der Waals surface area contributed by atoms with Crippen LogP contribution in [0.4, 0.5) is 0 Å². The highest BCUT2D eigenvalue weighted by Gasteiger charge is 2.19. The zero-order chi connectivity index (χ0) is 8.72. The number of likely N-dealkylation sites (N-methyl/N-ethyl adjacent to an activating group) is 1. The molecule has 2 heterocycles. The fraction of sp³-hybridized carbons (Fsp3) is 0.625. The Hall–Kier alpha value is -0.100. The number of rotatable bonds is 0. The summed E-state index contributed by atoms with van der Waals surface area (Å²) in [6, 6.07) is 0. The minimum Gasteiger partial charge on any atom is -0.300 e. The maximum atomic E-state index is 4.40. The molecule has 1 aromatic rings. The molecule has 1 aliphatic heterocycles. The van der Waals surface area contributed by atoms with E-state index in [0.717, 1.165) is 19.5 Å². The van der Waals surface area contributed by atoms with E-state index in [1.165, 1.54) is 15.0 Å². The molecule has 2 rings (SSSR count). The minimum atomic E-state index is 1.04. The molecule has 0 saturated carbocycles. The van der Waals surface area contributed by atoms with Gasteiger partial charge in [0.2, 0.25) is 0 Å². The number of hydrogen-bond donors (Lipinski definition) is 0. The molecule has 0 radical (unpaired) electrons. The summed E-state index contributed by atoms with van der Waals surface area (Å²) in [5.41, 5.74) is 2.84. The second-order valence-electron chi connectivity index (χ2n) is 3.33. The van der Waals surface area contributed by atoms with E-state index < -0.39 is 0 Å². The van der Waals surface area contributed by atoms with Crippen LogP contribution in [0, 0.1) is 3.70 Å². The van der Waals surface area contributed by atoms with Crippen molar-refractivity contribution in [1.29, 1.82) is 0 Å². The average Bonchev–Trinajstić information content (AvgIpc) is 2.28. The zero-order valence-corrected chi connectivity index (χ0v) is 9.50. The third kappa shape index (κ3) is 1.26. The van der Waals surface area contributed by atoms with Crippen LogP contribution in [0.5, 0.6) is 0 Å². The summed E-state index contributed by atoms with van der Waals surface area (Å²) >= 11 is 2.32. The lowest BCUT2D eigenvalue weighted by Crippen LogP contribution is -2.27. The first-order chi connectivity index (χ1) is 5.68. The van der Waals surface area contributed by atoms with Crippen LogP contribution in [0.15, 0.2) is 0 Å². The molecule has 1 aromatic heterocycles. The van der Waals surface area contributed by atoms with Gasteiger partial charge >= 0.3 is 0 Å². The van der Waals surface area contributed by atoms with Gasteiger partial charge < -0.3 is 4.90 Å². The minimum absolute atomic E-state index is 1.04. The van der Waals surface area contributed by atoms with Crippen LogP contribution in [-0.4, -0.2) is 28.3 Å². The monoisotopic (exact) mass is 277 g/mol. The van der Waals surface area contributed by atoms with Gasteiger partial charge in [0.15, 0.2) is 0 Å². The van der Waals surface area contributed by atoms with Crippen LogP contribution < -0.4 is 0 Å². The van der Waals surface area contributed by atoms with Gasteiger partial charge in [-0.3, -0.25) is 4.68 Å². The van der Waals surface area contributed by atoms with Gasteiger partial charge in [0.1, 0.15) is 3.70 Å². The van der Waals surface area contributed by atoms with Crippen molar-refractivity contribution in [3.63, 3.8) is 0 Å². The molecule has 0 saturated heterocycles. The molecular weight excluding hydrogens is 265 g/mol. The molecule has 0 atom stereocenters. The highest BCUT2D eigenvalue weighted by Crippen LogP contribution is 2.21. The van der Waals surface area contributed by atoms with Crippen LogP contribution in [0.25, 0.3) is 0 Å². The molecule has 3 nitrogen and oxygen atoms in total. The van der Waals surface area contributed by atoms with Crippen LogP contribution in [-0.2, 0) is 20.0 Å². The number of aryl methyl sites for hydroxylation is 1. The van der Waals surface area contributed by atoms with Crippen molar-refractivity contribution in [2.45, 2.75) is 13.0 Å². The molecule has 0 fully saturated rings. The molecule has 66 valence electrons. The first-order valence-electron chi connectivity index (χ1n) is 4.07. The lowest BCUT2D eigenvalue weighted by atomic mass is 10.1. The zero-order valence-electron chi connectivity index (χ0n) is 7.34. The van der Waals surface area contributed by atoms with Crippen LogP contribution in [0.2, 0.25) is 0 Å². The van der Waals surface area contributed by atoms with Gasteiger partial charge in [0, 0.05) is 25.7 Å². The molecule has 0 unspecified atom stereocenters. The van der Waals surface area contributed by atoms with Crippen molar-refractivity contribution in [2.75, 3.05) is 13.6 Å². The van der Waals surface area contributed by atoms with Crippen LogP contribution in [0.3, 0.4) is 0 Å². The van der Waals surface area contributed by atoms with Crippen molar-refractivity contribution in [3.8, 4) is 0 Å². The second kappa shape index (κ2) is 2.99. The Morgan fingerprint density at radius 3 is 2.92 bits per heavy atom. The van der Waals surface area contributed by atoms with Crippen molar-refractivity contribution in [2.24, 2.45) is 7.05 Å². The average molecular weight is 277 g/mol. The molecule has 0 spiro atoms. The Morgan fingerprint density at radius 1 is 1.42 bits per heavy atom. The molecule has 0 aliphatic carbocycles. The summed E-state index contributed by atoms with van der Waals surface area (Å²) in [5, 5.41) is 4.40. The normalized spacial score (nSPS) is 17.9. The van der Waals surface area contributed by atoms with Gasteiger partial charge in [-0.2, -0.15) is 5.10 Å². The third-order valence-corrected chi connectivity index (χ3v) is 3.26. The summed E-state index contributed by atoms with van der Waals surface area (Å²) < 4.78 is 3.19. The molecule has 0 bridgehead atoms. The Balaban J connectivity index is 2.45. The van der Waals surface area contributed by atoms with E-state index in [1.54, 1.807) is 0 Å². The summed E-state index contributed by atoms with van der Waals surface area (Å²) in [7, 11) is 4.18. The highest BCUT2D eigenvalue weighted by molar-refractivity contribution is 14.1. The van der Waals surface area contributed by atoms with Gasteiger partial charge in [-0.15, -0.1) is 0 Å². The Labute approximate surface area is 85.9 Å². The smallest absolute Gasteiger partial charge is 0.126 e. The lowest BCUT2D eigenvalue weighted by Gasteiger charge is -2.22. The van der Waals surface area contributed by atoms with Crippen molar-refractivity contribution in [3.05, 3.63) is 15.0 Å². The largest absolute Gasteiger partial charge is 0.300 e. The van der Waals surface area contributed by atoms with Crippen molar-refractivity contribution in [1.82, 2.24) is 14.7 Å². The third-order valence-electron chi connectivity index (χ3n) is 2.39. The fourth-order valence-electron chi connectivity index (χ4n) is 1.65. The number of hydrogen-bond acceptors (Lipinski definition) is 2. The van der Waals surface area contributed by atoms with Gasteiger partial charge in [0.25, 0.3) is 0 Å². The van der Waals surface area contributed by atoms with Crippen molar-refractivity contribution >= 4 is 22.6 Å². The predicted molar refractivity (Wildman–Crippen MR) is 56.0 cm³/mol. The molecular formula is C8H12IN3. The van der Waals surface area contributed by atoms with E-state index in [1.807, 2.05) is 11.7 Å². The Kier molecular flexibility index (Phi) is 2.12. The molecule has 12 heavy (non-hydrogen) atoms. The van der Waals surface area contributed by atoms with E-state index in [-0.39, 0.29) is 0 Å². The quantitative estimate of drug-likeness (QED) is 0.660. The molecule has 1 aliphatic rings. The highest BCUT2D eigenvalue weighted by atomic mass is 127. The second-order valence-corrected chi connectivity index (χ2v) is 4.35. The maximum absolute atomic E-state index is 4.40. The Morgan fingerprint density at radius 2 is 2.17 bits per heavy atom. The van der Waals surface area contributed by atoms with E-state index in [9.17, 15) is 0 Å². The van der Waals surface area contributed by atoms with E-state index in [0.29, 0.717) is 0 Å².